The van der Waals surface area contributed by atoms with E-state index >= 15 is 0 Å². The largest absolute Gasteiger partial charge is 5.00 e. The van der Waals surface area contributed by atoms with Crippen LogP contribution >= 0.6 is 0 Å². The second-order valence-electron chi connectivity index (χ2n) is 0. The van der Waals surface area contributed by atoms with Gasteiger partial charge in [0.05, 0.1) is 0 Å². The zero-order valence-corrected chi connectivity index (χ0v) is 14.2. The summed E-state index contributed by atoms with van der Waals surface area (Å²) in [6.45, 7) is 0. The van der Waals surface area contributed by atoms with Crippen molar-refractivity contribution >= 4 is 0 Å². The fourth-order valence-corrected chi connectivity index (χ4v) is 0. The number of rotatable bonds is 0. The molecule has 73 valence electrons. The quantitative estimate of drug-likeness (QED) is 0.546. The van der Waals surface area contributed by atoms with Crippen molar-refractivity contribution < 1.29 is 108 Å². The molecule has 3 radical (unpaired) electrons. The summed E-state index contributed by atoms with van der Waals surface area (Å²) in [7, 11) is 0. The van der Waals surface area contributed by atoms with Gasteiger partial charge in [0.1, 0.15) is 0 Å². The first kappa shape index (κ1) is 476. The van der Waals surface area contributed by atoms with E-state index < -0.39 is 0 Å². The minimum Gasteiger partial charge on any atom is -3.00 e. The third kappa shape index (κ3) is 322. The van der Waals surface area contributed by atoms with Gasteiger partial charge in [0.15, 0.2) is 0 Å². The molecule has 8 nitrogen and oxygen atoms in total. The number of nitrogens with zero attached hydrogens (tertiary/aromatic N) is 8. The molecular weight excluding hydrogens is 421 g/mol. The third-order valence-electron chi connectivity index (χ3n) is 0. The van der Waals surface area contributed by atoms with E-state index in [0.29, 0.717) is 0 Å². The van der Waals surface area contributed by atoms with Crippen LogP contribution in [0.2, 0.25) is 0 Å². The van der Waals surface area contributed by atoms with Crippen LogP contribution in [-0.4, -0.2) is 0 Å². The Balaban J connectivity index is 0. The van der Waals surface area contributed by atoms with Crippen LogP contribution in [0.3, 0.4) is 0 Å². The van der Waals surface area contributed by atoms with Gasteiger partial charge in [0.2, 0.25) is 0 Å². The first-order valence-corrected chi connectivity index (χ1v) is 0. The minimum absolute atomic E-state index is 0. The fraction of sp³-hybridized carbons (Fsp3) is 0. The molecule has 0 aromatic heterocycles. The van der Waals surface area contributed by atoms with E-state index in [0.717, 1.165) is 0 Å². The smallest absolute Gasteiger partial charge is 3.00 e. The summed E-state index contributed by atoms with van der Waals surface area (Å²) in [5.41, 5.74) is 0. The van der Waals surface area contributed by atoms with Gasteiger partial charge in [-0.2, -0.15) is 0 Å². The van der Waals surface area contributed by atoms with Gasteiger partial charge in [-0.25, -0.2) is 0 Å². The third-order valence-corrected chi connectivity index (χ3v) is 0. The SMILES string of the molecule is [Cr+3].[Cr+3].[Cr+3].[N-3].[N-3].[N-3].[N-3].[N-3].[N-3].[N-3].[N-3].[V+5].[V+5].[V+5]. The first-order valence-electron chi connectivity index (χ1n) is 0. The molecule has 0 saturated heterocycles. The van der Waals surface area contributed by atoms with Gasteiger partial charge < -0.3 is 49.2 Å². The van der Waals surface area contributed by atoms with Crippen molar-refractivity contribution in [3.8, 4) is 0 Å². The van der Waals surface area contributed by atoms with E-state index in [-0.39, 0.29) is 157 Å². The molecule has 0 aliphatic heterocycles. The van der Waals surface area contributed by atoms with Crippen molar-refractivity contribution in [3.63, 3.8) is 0 Å². The topological polar surface area (TPSA) is 244 Å². The second kappa shape index (κ2) is 394. The molecule has 0 heterocycles. The molecule has 0 spiro atoms. The molecular formula is Cr3N8V3. The molecule has 0 aromatic rings. The van der Waals surface area contributed by atoms with E-state index in [1.54, 1.807) is 0 Å². The maximum atomic E-state index is 0. The van der Waals surface area contributed by atoms with E-state index in [4.69, 9.17) is 0 Å². The summed E-state index contributed by atoms with van der Waals surface area (Å²) in [6, 6.07) is 0. The van der Waals surface area contributed by atoms with Crippen LogP contribution in [0.1, 0.15) is 0 Å². The molecule has 14 heavy (non-hydrogen) atoms. The van der Waals surface area contributed by atoms with Gasteiger partial charge in [-0.1, -0.05) is 0 Å². The number of hydrogen-bond acceptors (Lipinski definition) is 0. The molecule has 0 atom stereocenters. The second-order valence-corrected chi connectivity index (χ2v) is 0. The predicted octanol–water partition coefficient (Wildman–Crippen LogP) is 2.29. The Labute approximate surface area is 155 Å². The predicted molar refractivity (Wildman–Crippen MR) is 26.9 cm³/mol. The van der Waals surface area contributed by atoms with Gasteiger partial charge in [-0.05, 0) is 0 Å². The Kier molecular flexibility index (Phi) is 13400. The van der Waals surface area contributed by atoms with Crippen LogP contribution in [0.5, 0.6) is 0 Å². The Morgan fingerprint density at radius 3 is 0.214 bits per heavy atom. The van der Waals surface area contributed by atoms with E-state index in [1.165, 1.54) is 0 Å². The molecule has 0 aliphatic carbocycles. The van der Waals surface area contributed by atoms with Gasteiger partial charge >= 0.3 is 108 Å². The van der Waals surface area contributed by atoms with Gasteiger partial charge in [0, 0.05) is 0 Å². The zero-order valence-electron chi connectivity index (χ0n) is 6.14. The maximum absolute atomic E-state index is 0. The van der Waals surface area contributed by atoms with Crippen LogP contribution in [0.4, 0.5) is 0 Å². The van der Waals surface area contributed by atoms with Crippen molar-refractivity contribution in [3.05, 3.63) is 49.2 Å². The van der Waals surface area contributed by atoms with E-state index in [1.807, 2.05) is 0 Å². The summed E-state index contributed by atoms with van der Waals surface area (Å²) in [5, 5.41) is 0. The molecule has 0 unspecified atom stereocenters. The summed E-state index contributed by atoms with van der Waals surface area (Å²) in [6.07, 6.45) is 0. The summed E-state index contributed by atoms with van der Waals surface area (Å²) < 4.78 is 0. The van der Waals surface area contributed by atoms with E-state index in [2.05, 4.69) is 0 Å². The molecule has 0 rings (SSSR count). The molecule has 0 saturated carbocycles. The van der Waals surface area contributed by atoms with Crippen molar-refractivity contribution in [2.45, 2.75) is 0 Å². The maximum Gasteiger partial charge on any atom is 5.00 e. The van der Waals surface area contributed by atoms with Gasteiger partial charge in [-0.15, -0.1) is 0 Å². The fourth-order valence-electron chi connectivity index (χ4n) is 0. The van der Waals surface area contributed by atoms with Crippen molar-refractivity contribution in [1.29, 1.82) is 0 Å². The van der Waals surface area contributed by atoms with Crippen molar-refractivity contribution in [2.24, 2.45) is 0 Å². The summed E-state index contributed by atoms with van der Waals surface area (Å²) >= 11 is 0. The molecule has 0 bridgehead atoms. The Bertz CT molecular complexity index is 19.8. The van der Waals surface area contributed by atoms with Crippen LogP contribution in [0.25, 0.3) is 49.2 Å². The van der Waals surface area contributed by atoms with Gasteiger partial charge in [0.25, 0.3) is 0 Å². The molecule has 0 fully saturated rings. The normalized spacial score (nSPS) is 0. The first-order chi connectivity index (χ1) is 0. The van der Waals surface area contributed by atoms with Crippen molar-refractivity contribution in [2.75, 3.05) is 0 Å². The zero-order chi connectivity index (χ0) is 0. The average Bonchev–Trinajstić information content (AvgIpc) is 0. The Hall–Kier alpha value is 3.03. The van der Waals surface area contributed by atoms with Crippen LogP contribution in [0.15, 0.2) is 0 Å². The molecule has 0 aromatic carbocycles. The Morgan fingerprint density at radius 1 is 0.214 bits per heavy atom. The molecule has 0 aliphatic rings. The van der Waals surface area contributed by atoms with Gasteiger partial charge in [-0.3, -0.25) is 0 Å². The minimum atomic E-state index is 0. The Morgan fingerprint density at radius 2 is 0.214 bits per heavy atom. The van der Waals surface area contributed by atoms with Crippen molar-refractivity contribution in [1.82, 2.24) is 0 Å². The average molecular weight is 421 g/mol. The van der Waals surface area contributed by atoms with E-state index in [9.17, 15) is 0 Å². The van der Waals surface area contributed by atoms with Crippen LogP contribution in [-0.2, 0) is 108 Å². The monoisotopic (exact) mass is 421 g/mol. The molecule has 0 N–H and O–H groups in total. The van der Waals surface area contributed by atoms with Crippen LogP contribution in [0, 0.1) is 0 Å². The van der Waals surface area contributed by atoms with Crippen LogP contribution < -0.4 is 0 Å². The standard InChI is InChI=1S/3Cr.8N.3V/q3*+3;8*-3;3*+5. The number of hydrogen-bond donors (Lipinski definition) is 0. The summed E-state index contributed by atoms with van der Waals surface area (Å²) in [5.74, 6) is 0. The molecule has 14 heteroatoms. The molecule has 0 amide bonds. The summed E-state index contributed by atoms with van der Waals surface area (Å²) in [4.78, 5) is 0.